The molecule has 3 nitrogen and oxygen atoms in total. The normalized spacial score (nSPS) is 11.6. The van der Waals surface area contributed by atoms with E-state index in [9.17, 15) is 8.42 Å². The quantitative estimate of drug-likeness (QED) is 0.927. The van der Waals surface area contributed by atoms with Gasteiger partial charge in [-0.2, -0.15) is 0 Å². The first-order valence-electron chi connectivity index (χ1n) is 5.89. The Hall–Kier alpha value is -1.07. The van der Waals surface area contributed by atoms with E-state index in [1.807, 2.05) is 0 Å². The Morgan fingerprint density at radius 1 is 1.00 bits per heavy atom. The van der Waals surface area contributed by atoms with Crippen molar-refractivity contribution in [3.8, 4) is 0 Å². The van der Waals surface area contributed by atoms with Gasteiger partial charge < -0.3 is 0 Å². The molecule has 0 atom stereocenters. The maximum atomic E-state index is 12.2. The van der Waals surface area contributed by atoms with E-state index >= 15 is 0 Å². The highest BCUT2D eigenvalue weighted by Crippen LogP contribution is 2.19. The van der Waals surface area contributed by atoms with Crippen LogP contribution in [0, 0.1) is 6.92 Å². The average Bonchev–Trinajstić information content (AvgIpc) is 2.37. The molecule has 0 saturated carbocycles. The van der Waals surface area contributed by atoms with Crippen molar-refractivity contribution in [2.75, 3.05) is 0 Å². The van der Waals surface area contributed by atoms with E-state index in [1.54, 1.807) is 43.3 Å². The summed E-state index contributed by atoms with van der Waals surface area (Å²) in [6.07, 6.45) is 0. The van der Waals surface area contributed by atoms with Crippen LogP contribution in [0.4, 0.5) is 0 Å². The number of hydrogen-bond donors (Lipinski definition) is 1. The molecule has 0 aromatic heterocycles. The third-order valence-corrected chi connectivity index (χ3v) is 4.85. The highest BCUT2D eigenvalue weighted by atomic mass is 35.5. The van der Waals surface area contributed by atoms with Crippen LogP contribution in [0.3, 0.4) is 0 Å². The van der Waals surface area contributed by atoms with Gasteiger partial charge in [0.1, 0.15) is 0 Å². The molecule has 0 amide bonds. The zero-order valence-electron chi connectivity index (χ0n) is 10.7. The number of aryl methyl sites for hydroxylation is 1. The standard InChI is InChI=1S/C14H13Cl2NO2S/c1-10-8-13(16)6-7-14(10)20(18,19)17-9-11-2-4-12(15)5-3-11/h2-8,17H,9H2,1H3. The molecular formula is C14H13Cl2NO2S. The maximum absolute atomic E-state index is 12.2. The molecule has 6 heteroatoms. The molecule has 0 saturated heterocycles. The van der Waals surface area contributed by atoms with Crippen LogP contribution in [0.1, 0.15) is 11.1 Å². The minimum atomic E-state index is -3.56. The van der Waals surface area contributed by atoms with E-state index in [0.717, 1.165) is 5.56 Å². The summed E-state index contributed by atoms with van der Waals surface area (Å²) in [6, 6.07) is 11.7. The van der Waals surface area contributed by atoms with Crippen molar-refractivity contribution in [2.24, 2.45) is 0 Å². The van der Waals surface area contributed by atoms with Crippen LogP contribution >= 0.6 is 23.2 Å². The predicted octanol–water partition coefficient (Wildman–Crippen LogP) is 3.78. The third kappa shape index (κ3) is 3.73. The monoisotopic (exact) mass is 329 g/mol. The molecule has 0 aliphatic rings. The van der Waals surface area contributed by atoms with E-state index in [4.69, 9.17) is 23.2 Å². The Balaban J connectivity index is 2.17. The summed E-state index contributed by atoms with van der Waals surface area (Å²) < 4.78 is 27.0. The van der Waals surface area contributed by atoms with Crippen molar-refractivity contribution in [1.82, 2.24) is 4.72 Å². The van der Waals surface area contributed by atoms with Crippen molar-refractivity contribution in [2.45, 2.75) is 18.4 Å². The number of halogens is 2. The highest BCUT2D eigenvalue weighted by molar-refractivity contribution is 7.89. The fraction of sp³-hybridized carbons (Fsp3) is 0.143. The second-order valence-electron chi connectivity index (χ2n) is 4.36. The van der Waals surface area contributed by atoms with E-state index in [2.05, 4.69) is 4.72 Å². The molecule has 0 bridgehead atoms. The minimum absolute atomic E-state index is 0.210. The van der Waals surface area contributed by atoms with Crippen molar-refractivity contribution < 1.29 is 8.42 Å². The van der Waals surface area contributed by atoms with Crippen LogP contribution < -0.4 is 4.72 Å². The lowest BCUT2D eigenvalue weighted by Crippen LogP contribution is -2.23. The number of rotatable bonds is 4. The number of nitrogens with one attached hydrogen (secondary N) is 1. The molecule has 20 heavy (non-hydrogen) atoms. The van der Waals surface area contributed by atoms with Gasteiger partial charge in [-0.05, 0) is 48.4 Å². The molecular weight excluding hydrogens is 317 g/mol. The van der Waals surface area contributed by atoms with E-state index < -0.39 is 10.0 Å². The molecule has 2 aromatic carbocycles. The van der Waals surface area contributed by atoms with Crippen molar-refractivity contribution in [3.63, 3.8) is 0 Å². The molecule has 0 radical (unpaired) electrons. The summed E-state index contributed by atoms with van der Waals surface area (Å²) in [5.41, 5.74) is 1.45. The number of sulfonamides is 1. The summed E-state index contributed by atoms with van der Waals surface area (Å²) in [4.78, 5) is 0.232. The van der Waals surface area contributed by atoms with Crippen LogP contribution in [0.15, 0.2) is 47.4 Å². The molecule has 2 rings (SSSR count). The predicted molar refractivity (Wildman–Crippen MR) is 81.7 cm³/mol. The van der Waals surface area contributed by atoms with Gasteiger partial charge in [0, 0.05) is 16.6 Å². The maximum Gasteiger partial charge on any atom is 0.241 e. The van der Waals surface area contributed by atoms with Crippen LogP contribution in [-0.2, 0) is 16.6 Å². The van der Waals surface area contributed by atoms with Gasteiger partial charge in [0.15, 0.2) is 0 Å². The van der Waals surface area contributed by atoms with Gasteiger partial charge in [0.05, 0.1) is 4.90 Å². The first kappa shape index (κ1) is 15.3. The molecule has 0 spiro atoms. The van der Waals surface area contributed by atoms with Gasteiger partial charge in [0.25, 0.3) is 0 Å². The Kier molecular flexibility index (Phi) is 4.70. The molecule has 0 heterocycles. The summed E-state index contributed by atoms with van der Waals surface area (Å²) >= 11 is 11.6. The number of benzene rings is 2. The second-order valence-corrected chi connectivity index (χ2v) is 6.97. The topological polar surface area (TPSA) is 46.2 Å². The van der Waals surface area contributed by atoms with Gasteiger partial charge in [-0.1, -0.05) is 35.3 Å². The zero-order valence-corrected chi connectivity index (χ0v) is 13.1. The Labute approximate surface area is 128 Å². The minimum Gasteiger partial charge on any atom is -0.207 e. The van der Waals surface area contributed by atoms with E-state index in [-0.39, 0.29) is 11.4 Å². The van der Waals surface area contributed by atoms with Crippen LogP contribution in [-0.4, -0.2) is 8.42 Å². The average molecular weight is 330 g/mol. The smallest absolute Gasteiger partial charge is 0.207 e. The Morgan fingerprint density at radius 2 is 1.60 bits per heavy atom. The summed E-state index contributed by atoms with van der Waals surface area (Å²) in [5, 5.41) is 1.13. The third-order valence-electron chi connectivity index (χ3n) is 2.81. The van der Waals surface area contributed by atoms with Gasteiger partial charge in [-0.3, -0.25) is 0 Å². The van der Waals surface area contributed by atoms with E-state index in [1.165, 1.54) is 6.07 Å². The van der Waals surface area contributed by atoms with Crippen LogP contribution in [0.2, 0.25) is 10.0 Å². The summed E-state index contributed by atoms with van der Waals surface area (Å²) in [6.45, 7) is 1.92. The fourth-order valence-corrected chi connectivity index (χ4v) is 3.37. The van der Waals surface area contributed by atoms with E-state index in [0.29, 0.717) is 15.6 Å². The van der Waals surface area contributed by atoms with Gasteiger partial charge in [-0.25, -0.2) is 13.1 Å². The van der Waals surface area contributed by atoms with Gasteiger partial charge in [-0.15, -0.1) is 0 Å². The second kappa shape index (κ2) is 6.14. The molecule has 0 unspecified atom stereocenters. The number of hydrogen-bond acceptors (Lipinski definition) is 2. The largest absolute Gasteiger partial charge is 0.241 e. The lowest BCUT2D eigenvalue weighted by molar-refractivity contribution is 0.580. The lowest BCUT2D eigenvalue weighted by atomic mass is 10.2. The molecule has 0 aliphatic heterocycles. The lowest BCUT2D eigenvalue weighted by Gasteiger charge is -2.09. The molecule has 0 aliphatic carbocycles. The Morgan fingerprint density at radius 3 is 2.20 bits per heavy atom. The van der Waals surface area contributed by atoms with Gasteiger partial charge in [0.2, 0.25) is 10.0 Å². The van der Waals surface area contributed by atoms with Crippen molar-refractivity contribution in [1.29, 1.82) is 0 Å². The molecule has 2 aromatic rings. The van der Waals surface area contributed by atoms with Crippen molar-refractivity contribution >= 4 is 33.2 Å². The fourth-order valence-electron chi connectivity index (χ4n) is 1.77. The van der Waals surface area contributed by atoms with Crippen molar-refractivity contribution in [3.05, 3.63) is 63.6 Å². The van der Waals surface area contributed by atoms with Gasteiger partial charge >= 0.3 is 0 Å². The highest BCUT2D eigenvalue weighted by Gasteiger charge is 2.16. The first-order chi connectivity index (χ1) is 9.38. The zero-order chi connectivity index (χ0) is 14.8. The Bertz CT molecular complexity index is 712. The molecule has 0 fully saturated rings. The molecule has 106 valence electrons. The first-order valence-corrected chi connectivity index (χ1v) is 8.13. The summed E-state index contributed by atoms with van der Waals surface area (Å²) in [7, 11) is -3.56. The molecule has 1 N–H and O–H groups in total. The SMILES string of the molecule is Cc1cc(Cl)ccc1S(=O)(=O)NCc1ccc(Cl)cc1. The van der Waals surface area contributed by atoms with Crippen LogP contribution in [0.5, 0.6) is 0 Å². The summed E-state index contributed by atoms with van der Waals surface area (Å²) in [5.74, 6) is 0. The van der Waals surface area contributed by atoms with Crippen LogP contribution in [0.25, 0.3) is 0 Å².